The molecule has 0 aromatic carbocycles. The summed E-state index contributed by atoms with van der Waals surface area (Å²) in [6.07, 6.45) is 8.80. The second-order valence-electron chi connectivity index (χ2n) is 6.63. The van der Waals surface area contributed by atoms with E-state index in [4.69, 9.17) is 0 Å². The number of likely N-dealkylation sites (tertiary alicyclic amines) is 1. The Hall–Kier alpha value is -0.510. The second kappa shape index (κ2) is 5.12. The molecule has 0 N–H and O–H groups in total. The number of carbonyl (C=O) groups excluding carboxylic acids is 2. The molecule has 4 heteroatoms. The molecule has 2 unspecified atom stereocenters. The molecular formula is C15H23NO2S. The Morgan fingerprint density at radius 3 is 2.11 bits per heavy atom. The van der Waals surface area contributed by atoms with Crippen molar-refractivity contribution in [3.05, 3.63) is 0 Å². The number of rotatable bonds is 3. The van der Waals surface area contributed by atoms with Crippen molar-refractivity contribution in [2.24, 2.45) is 17.3 Å². The third kappa shape index (κ3) is 2.22. The molecule has 106 valence electrons. The topological polar surface area (TPSA) is 37.4 Å². The van der Waals surface area contributed by atoms with Gasteiger partial charge in [0.25, 0.3) is 0 Å². The van der Waals surface area contributed by atoms with Crippen molar-refractivity contribution >= 4 is 24.4 Å². The molecule has 2 aliphatic carbocycles. The third-order valence-corrected chi connectivity index (χ3v) is 6.10. The van der Waals surface area contributed by atoms with Crippen LogP contribution in [-0.2, 0) is 9.59 Å². The average molecular weight is 281 g/mol. The van der Waals surface area contributed by atoms with Gasteiger partial charge < -0.3 is 0 Å². The van der Waals surface area contributed by atoms with Crippen molar-refractivity contribution in [2.75, 3.05) is 12.3 Å². The summed E-state index contributed by atoms with van der Waals surface area (Å²) < 4.78 is 0. The van der Waals surface area contributed by atoms with Crippen molar-refractivity contribution in [2.45, 2.75) is 51.4 Å². The normalized spacial score (nSPS) is 33.8. The Kier molecular flexibility index (Phi) is 3.63. The van der Waals surface area contributed by atoms with E-state index in [2.05, 4.69) is 12.6 Å². The summed E-state index contributed by atoms with van der Waals surface area (Å²) in [4.78, 5) is 26.4. The van der Waals surface area contributed by atoms with Crippen LogP contribution in [0.15, 0.2) is 0 Å². The van der Waals surface area contributed by atoms with Gasteiger partial charge in [0.05, 0.1) is 11.8 Å². The number of imide groups is 1. The van der Waals surface area contributed by atoms with Crippen molar-refractivity contribution in [1.82, 2.24) is 4.90 Å². The van der Waals surface area contributed by atoms with Crippen molar-refractivity contribution in [3.8, 4) is 0 Å². The van der Waals surface area contributed by atoms with E-state index in [1.165, 1.54) is 19.3 Å². The van der Waals surface area contributed by atoms with Crippen LogP contribution in [0.5, 0.6) is 0 Å². The van der Waals surface area contributed by atoms with Gasteiger partial charge in [0.2, 0.25) is 11.8 Å². The number of hydrogen-bond donors (Lipinski definition) is 1. The Bertz CT molecular complexity index is 368. The number of amides is 2. The first kappa shape index (κ1) is 13.5. The highest BCUT2D eigenvalue weighted by Crippen LogP contribution is 2.43. The van der Waals surface area contributed by atoms with E-state index in [0.717, 1.165) is 37.9 Å². The summed E-state index contributed by atoms with van der Waals surface area (Å²) >= 11 is 4.51. The van der Waals surface area contributed by atoms with Crippen LogP contribution in [-0.4, -0.2) is 29.0 Å². The van der Waals surface area contributed by atoms with Crippen molar-refractivity contribution < 1.29 is 9.59 Å². The molecule has 0 aromatic rings. The summed E-state index contributed by atoms with van der Waals surface area (Å²) in [5.41, 5.74) is 0.0886. The standard InChI is InChI=1S/C15H23NO2S/c17-13-11-5-4-6-12(11)14(18)16(13)9-15(10-19)7-2-1-3-8-15/h11-12,19H,1-10H2. The first-order chi connectivity index (χ1) is 9.17. The molecule has 2 saturated carbocycles. The summed E-state index contributed by atoms with van der Waals surface area (Å²) in [5.74, 6) is 1.03. The van der Waals surface area contributed by atoms with Gasteiger partial charge in [0.15, 0.2) is 0 Å². The molecule has 1 aliphatic heterocycles. The number of hydrogen-bond acceptors (Lipinski definition) is 3. The fourth-order valence-corrected chi connectivity index (χ4v) is 4.64. The van der Waals surface area contributed by atoms with E-state index in [1.54, 1.807) is 4.90 Å². The van der Waals surface area contributed by atoms with Crippen LogP contribution in [0, 0.1) is 17.3 Å². The minimum atomic E-state index is 0.00746. The first-order valence-electron chi connectivity index (χ1n) is 7.63. The van der Waals surface area contributed by atoms with Crippen molar-refractivity contribution in [3.63, 3.8) is 0 Å². The van der Waals surface area contributed by atoms with Crippen LogP contribution in [0.3, 0.4) is 0 Å². The summed E-state index contributed by atoms with van der Waals surface area (Å²) in [6.45, 7) is 0.626. The number of thiol groups is 1. The van der Waals surface area contributed by atoms with Gasteiger partial charge in [-0.05, 0) is 36.9 Å². The zero-order valence-corrected chi connectivity index (χ0v) is 12.3. The monoisotopic (exact) mass is 281 g/mol. The van der Waals surface area contributed by atoms with Crippen molar-refractivity contribution in [1.29, 1.82) is 0 Å². The molecule has 3 nitrogen and oxygen atoms in total. The lowest BCUT2D eigenvalue weighted by Crippen LogP contribution is -2.44. The largest absolute Gasteiger partial charge is 0.282 e. The Morgan fingerprint density at radius 1 is 1.00 bits per heavy atom. The molecule has 0 spiro atoms. The fourth-order valence-electron chi connectivity index (χ4n) is 4.22. The van der Waals surface area contributed by atoms with Gasteiger partial charge in [0, 0.05) is 6.54 Å². The lowest BCUT2D eigenvalue weighted by atomic mass is 9.75. The van der Waals surface area contributed by atoms with E-state index >= 15 is 0 Å². The molecule has 0 radical (unpaired) electrons. The van der Waals surface area contributed by atoms with Gasteiger partial charge in [-0.1, -0.05) is 25.7 Å². The fraction of sp³-hybridized carbons (Fsp3) is 0.867. The minimum absolute atomic E-state index is 0.00746. The summed E-state index contributed by atoms with van der Waals surface area (Å²) in [5, 5.41) is 0. The maximum Gasteiger partial charge on any atom is 0.233 e. The van der Waals surface area contributed by atoms with Gasteiger partial charge in [-0.25, -0.2) is 0 Å². The van der Waals surface area contributed by atoms with Gasteiger partial charge in [-0.15, -0.1) is 0 Å². The Balaban J connectivity index is 1.75. The number of carbonyl (C=O) groups is 2. The molecule has 3 rings (SSSR count). The summed E-state index contributed by atoms with van der Waals surface area (Å²) in [7, 11) is 0. The maximum absolute atomic E-state index is 12.4. The second-order valence-corrected chi connectivity index (χ2v) is 6.94. The molecule has 3 fully saturated rings. The van der Waals surface area contributed by atoms with E-state index in [1.807, 2.05) is 0 Å². The quantitative estimate of drug-likeness (QED) is 0.638. The van der Waals surface area contributed by atoms with E-state index < -0.39 is 0 Å². The molecular weight excluding hydrogens is 258 g/mol. The molecule has 19 heavy (non-hydrogen) atoms. The van der Waals surface area contributed by atoms with Crippen LogP contribution in [0.4, 0.5) is 0 Å². The molecule has 2 amide bonds. The highest BCUT2D eigenvalue weighted by atomic mass is 32.1. The van der Waals surface area contributed by atoms with E-state index in [0.29, 0.717) is 6.54 Å². The number of fused-ring (bicyclic) bond motifs is 1. The smallest absolute Gasteiger partial charge is 0.233 e. The maximum atomic E-state index is 12.4. The molecule has 0 aromatic heterocycles. The molecule has 1 saturated heterocycles. The van der Waals surface area contributed by atoms with Crippen LogP contribution >= 0.6 is 12.6 Å². The molecule has 2 atom stereocenters. The van der Waals surface area contributed by atoms with Gasteiger partial charge in [0.1, 0.15) is 0 Å². The van der Waals surface area contributed by atoms with Gasteiger partial charge in [-0.2, -0.15) is 12.6 Å². The Morgan fingerprint density at radius 2 is 1.58 bits per heavy atom. The highest BCUT2D eigenvalue weighted by Gasteiger charge is 2.51. The highest BCUT2D eigenvalue weighted by molar-refractivity contribution is 7.80. The predicted octanol–water partition coefficient (Wildman–Crippen LogP) is 2.65. The molecule has 0 bridgehead atoms. The van der Waals surface area contributed by atoms with Crippen LogP contribution in [0.1, 0.15) is 51.4 Å². The predicted molar refractivity (Wildman–Crippen MR) is 76.9 cm³/mol. The minimum Gasteiger partial charge on any atom is -0.282 e. The third-order valence-electron chi connectivity index (χ3n) is 5.43. The Labute approximate surface area is 120 Å². The average Bonchev–Trinajstić information content (AvgIpc) is 3.00. The lowest BCUT2D eigenvalue weighted by molar-refractivity contribution is -0.142. The molecule has 1 heterocycles. The zero-order chi connectivity index (χ0) is 13.5. The lowest BCUT2D eigenvalue weighted by Gasteiger charge is -2.38. The number of nitrogens with zero attached hydrogens (tertiary/aromatic N) is 1. The van der Waals surface area contributed by atoms with E-state index in [9.17, 15) is 9.59 Å². The molecule has 3 aliphatic rings. The van der Waals surface area contributed by atoms with Crippen LogP contribution in [0.25, 0.3) is 0 Å². The first-order valence-corrected chi connectivity index (χ1v) is 8.26. The van der Waals surface area contributed by atoms with Gasteiger partial charge in [-0.3, -0.25) is 14.5 Å². The SMILES string of the molecule is O=C1C2CCCC2C(=O)N1CC1(CS)CCCCC1. The van der Waals surface area contributed by atoms with E-state index in [-0.39, 0.29) is 29.1 Å². The van der Waals surface area contributed by atoms with Crippen LogP contribution in [0.2, 0.25) is 0 Å². The van der Waals surface area contributed by atoms with Crippen LogP contribution < -0.4 is 0 Å². The zero-order valence-electron chi connectivity index (χ0n) is 11.4. The van der Waals surface area contributed by atoms with Gasteiger partial charge >= 0.3 is 0 Å². The summed E-state index contributed by atoms with van der Waals surface area (Å²) in [6, 6.07) is 0.